The fraction of sp³-hybridized carbons (Fsp3) is 0.381. The van der Waals surface area contributed by atoms with Crippen molar-refractivity contribution in [2.75, 3.05) is 40.5 Å². The first-order valence-electron chi connectivity index (χ1n) is 9.77. The molecular formula is C21H24F2N2O6S. The molecule has 1 saturated heterocycles. The molecule has 0 aliphatic carbocycles. The number of morpholine rings is 1. The number of methoxy groups -OCH3 is 1. The Labute approximate surface area is 185 Å². The van der Waals surface area contributed by atoms with Crippen molar-refractivity contribution in [3.05, 3.63) is 53.6 Å². The van der Waals surface area contributed by atoms with Crippen molar-refractivity contribution in [2.24, 2.45) is 0 Å². The number of alkyl halides is 2. The van der Waals surface area contributed by atoms with E-state index in [4.69, 9.17) is 9.47 Å². The topological polar surface area (TPSA) is 85.4 Å². The van der Waals surface area contributed by atoms with Gasteiger partial charge in [-0.05, 0) is 35.9 Å². The largest absolute Gasteiger partial charge is 0.493 e. The molecule has 1 heterocycles. The van der Waals surface area contributed by atoms with Crippen LogP contribution in [0.15, 0.2) is 47.4 Å². The number of amides is 1. The summed E-state index contributed by atoms with van der Waals surface area (Å²) in [6.07, 6.45) is 0. The molecular weight excluding hydrogens is 446 g/mol. The molecule has 174 valence electrons. The highest BCUT2D eigenvalue weighted by molar-refractivity contribution is 7.89. The third kappa shape index (κ3) is 5.53. The number of halogens is 2. The summed E-state index contributed by atoms with van der Waals surface area (Å²) in [5.74, 6) is -0.389. The molecule has 0 atom stereocenters. The molecule has 0 radical (unpaired) electrons. The van der Waals surface area contributed by atoms with E-state index in [1.807, 2.05) is 0 Å². The lowest BCUT2D eigenvalue weighted by Crippen LogP contribution is -2.40. The molecule has 0 N–H and O–H groups in total. The molecule has 11 heteroatoms. The highest BCUT2D eigenvalue weighted by Gasteiger charge is 2.27. The second-order valence-electron chi connectivity index (χ2n) is 7.07. The first-order chi connectivity index (χ1) is 15.2. The molecule has 0 saturated carbocycles. The predicted molar refractivity (Wildman–Crippen MR) is 111 cm³/mol. The monoisotopic (exact) mass is 470 g/mol. The third-order valence-electron chi connectivity index (χ3n) is 4.90. The van der Waals surface area contributed by atoms with Crippen LogP contribution in [0.3, 0.4) is 0 Å². The van der Waals surface area contributed by atoms with Crippen LogP contribution >= 0.6 is 0 Å². The van der Waals surface area contributed by atoms with E-state index in [1.165, 1.54) is 52.7 Å². The number of benzene rings is 2. The fourth-order valence-electron chi connectivity index (χ4n) is 3.30. The van der Waals surface area contributed by atoms with Crippen molar-refractivity contribution in [1.82, 2.24) is 9.21 Å². The highest BCUT2D eigenvalue weighted by Crippen LogP contribution is 2.30. The van der Waals surface area contributed by atoms with Gasteiger partial charge in [0.1, 0.15) is 0 Å². The standard InChI is InChI=1S/C21H24F2N2O6S/c1-24(14-15-6-7-18(31-21(22)23)19(12-15)29-2)20(26)16-4-3-5-17(13-16)32(27,28)25-8-10-30-11-9-25/h3-7,12-13,21H,8-11,14H2,1-2H3. The van der Waals surface area contributed by atoms with Crippen LogP contribution in [0.2, 0.25) is 0 Å². The first kappa shape index (κ1) is 23.9. The van der Waals surface area contributed by atoms with Crippen LogP contribution in [0.5, 0.6) is 11.5 Å². The summed E-state index contributed by atoms with van der Waals surface area (Å²) >= 11 is 0. The van der Waals surface area contributed by atoms with Crippen molar-refractivity contribution in [3.8, 4) is 11.5 Å². The molecule has 1 aliphatic rings. The zero-order valence-corrected chi connectivity index (χ0v) is 18.5. The maximum Gasteiger partial charge on any atom is 0.387 e. The molecule has 0 aromatic heterocycles. The minimum atomic E-state index is -3.74. The highest BCUT2D eigenvalue weighted by atomic mass is 32.2. The van der Waals surface area contributed by atoms with Gasteiger partial charge in [0, 0.05) is 32.2 Å². The summed E-state index contributed by atoms with van der Waals surface area (Å²) in [5, 5.41) is 0. The van der Waals surface area contributed by atoms with Crippen molar-refractivity contribution in [3.63, 3.8) is 0 Å². The third-order valence-corrected chi connectivity index (χ3v) is 6.79. The van der Waals surface area contributed by atoms with E-state index >= 15 is 0 Å². The van der Waals surface area contributed by atoms with Crippen LogP contribution in [-0.2, 0) is 21.3 Å². The van der Waals surface area contributed by atoms with Gasteiger partial charge in [-0.2, -0.15) is 13.1 Å². The maximum absolute atomic E-state index is 12.9. The Kier molecular flexibility index (Phi) is 7.64. The van der Waals surface area contributed by atoms with Gasteiger partial charge in [-0.3, -0.25) is 4.79 Å². The lowest BCUT2D eigenvalue weighted by molar-refractivity contribution is -0.0512. The van der Waals surface area contributed by atoms with E-state index in [-0.39, 0.29) is 41.6 Å². The van der Waals surface area contributed by atoms with Crippen LogP contribution in [0.4, 0.5) is 8.78 Å². The molecule has 3 rings (SSSR count). The van der Waals surface area contributed by atoms with Crippen molar-refractivity contribution < 1.29 is 36.2 Å². The summed E-state index contributed by atoms with van der Waals surface area (Å²) in [6.45, 7) is -1.68. The lowest BCUT2D eigenvalue weighted by Gasteiger charge is -2.26. The summed E-state index contributed by atoms with van der Waals surface area (Å²) in [5.41, 5.74) is 0.836. The summed E-state index contributed by atoms with van der Waals surface area (Å²) < 4.78 is 66.7. The van der Waals surface area contributed by atoms with E-state index in [0.29, 0.717) is 18.8 Å². The smallest absolute Gasteiger partial charge is 0.387 e. The zero-order valence-electron chi connectivity index (χ0n) is 17.7. The van der Waals surface area contributed by atoms with Crippen LogP contribution < -0.4 is 9.47 Å². The van der Waals surface area contributed by atoms with Gasteiger partial charge in [0.2, 0.25) is 10.0 Å². The van der Waals surface area contributed by atoms with Gasteiger partial charge in [-0.25, -0.2) is 8.42 Å². The molecule has 0 bridgehead atoms. The van der Waals surface area contributed by atoms with Gasteiger partial charge in [0.05, 0.1) is 25.2 Å². The van der Waals surface area contributed by atoms with Crippen LogP contribution in [0.25, 0.3) is 0 Å². The number of nitrogens with zero attached hydrogens (tertiary/aromatic N) is 2. The Hall–Kier alpha value is -2.76. The second-order valence-corrected chi connectivity index (χ2v) is 9.01. The number of sulfonamides is 1. The number of hydrogen-bond acceptors (Lipinski definition) is 6. The van der Waals surface area contributed by atoms with Gasteiger partial charge >= 0.3 is 6.61 Å². The molecule has 1 fully saturated rings. The Bertz CT molecular complexity index is 1060. The summed E-state index contributed by atoms with van der Waals surface area (Å²) in [7, 11) is -0.852. The number of hydrogen-bond donors (Lipinski definition) is 0. The SMILES string of the molecule is COc1cc(CN(C)C(=O)c2cccc(S(=O)(=O)N3CCOCC3)c2)ccc1OC(F)F. The van der Waals surface area contributed by atoms with E-state index in [0.717, 1.165) is 0 Å². The zero-order chi connectivity index (χ0) is 23.3. The molecule has 1 aliphatic heterocycles. The number of carbonyl (C=O) groups is 1. The average Bonchev–Trinajstić information content (AvgIpc) is 2.79. The van der Waals surface area contributed by atoms with Gasteiger partial charge in [-0.1, -0.05) is 12.1 Å². The van der Waals surface area contributed by atoms with Gasteiger partial charge in [0.25, 0.3) is 5.91 Å². The minimum absolute atomic E-state index is 0.0359. The Morgan fingerprint density at radius 3 is 2.53 bits per heavy atom. The Balaban J connectivity index is 1.76. The minimum Gasteiger partial charge on any atom is -0.493 e. The van der Waals surface area contributed by atoms with Gasteiger partial charge < -0.3 is 19.1 Å². The van der Waals surface area contributed by atoms with Gasteiger partial charge in [0.15, 0.2) is 11.5 Å². The molecule has 2 aromatic rings. The molecule has 32 heavy (non-hydrogen) atoms. The molecule has 8 nitrogen and oxygen atoms in total. The first-order valence-corrected chi connectivity index (χ1v) is 11.2. The van der Waals surface area contributed by atoms with Crippen molar-refractivity contribution >= 4 is 15.9 Å². The lowest BCUT2D eigenvalue weighted by atomic mass is 10.1. The van der Waals surface area contributed by atoms with E-state index in [1.54, 1.807) is 13.1 Å². The van der Waals surface area contributed by atoms with E-state index < -0.39 is 22.5 Å². The molecule has 0 spiro atoms. The summed E-state index contributed by atoms with van der Waals surface area (Å²) in [6, 6.07) is 10.3. The van der Waals surface area contributed by atoms with Gasteiger partial charge in [-0.15, -0.1) is 0 Å². The van der Waals surface area contributed by atoms with E-state index in [9.17, 15) is 22.0 Å². The fourth-order valence-corrected chi connectivity index (χ4v) is 4.75. The van der Waals surface area contributed by atoms with Crippen LogP contribution in [0.1, 0.15) is 15.9 Å². The van der Waals surface area contributed by atoms with Crippen LogP contribution in [-0.4, -0.2) is 70.6 Å². The summed E-state index contributed by atoms with van der Waals surface area (Å²) in [4.78, 5) is 14.3. The second kappa shape index (κ2) is 10.2. The van der Waals surface area contributed by atoms with Crippen molar-refractivity contribution in [1.29, 1.82) is 0 Å². The Morgan fingerprint density at radius 2 is 1.88 bits per heavy atom. The number of ether oxygens (including phenoxy) is 3. The quantitative estimate of drug-likeness (QED) is 0.590. The number of rotatable bonds is 8. The van der Waals surface area contributed by atoms with E-state index in [2.05, 4.69) is 4.74 Å². The number of carbonyl (C=O) groups excluding carboxylic acids is 1. The predicted octanol–water partition coefficient (Wildman–Crippen LogP) is 2.59. The van der Waals surface area contributed by atoms with Crippen molar-refractivity contribution in [2.45, 2.75) is 18.1 Å². The Morgan fingerprint density at radius 1 is 1.16 bits per heavy atom. The van der Waals surface area contributed by atoms with Crippen LogP contribution in [0, 0.1) is 0 Å². The maximum atomic E-state index is 12.9. The normalized spacial score (nSPS) is 14.9. The average molecular weight is 470 g/mol. The molecule has 2 aromatic carbocycles. The molecule has 1 amide bonds. The molecule has 0 unspecified atom stereocenters.